The summed E-state index contributed by atoms with van der Waals surface area (Å²) in [7, 11) is 0. The van der Waals surface area contributed by atoms with E-state index >= 15 is 0 Å². The molecule has 0 aliphatic heterocycles. The molecular formula is C10H10ClN5O2. The number of nitro groups is 1. The molecule has 0 spiro atoms. The molecule has 0 atom stereocenters. The Morgan fingerprint density at radius 1 is 1.50 bits per heavy atom. The lowest BCUT2D eigenvalue weighted by molar-refractivity contribution is -0.385. The van der Waals surface area contributed by atoms with Crippen LogP contribution in [0.15, 0.2) is 12.3 Å². The third-order valence-corrected chi connectivity index (χ3v) is 2.64. The predicted octanol–water partition coefficient (Wildman–Crippen LogP) is 2.23. The van der Waals surface area contributed by atoms with E-state index in [1.807, 2.05) is 6.92 Å². The van der Waals surface area contributed by atoms with Crippen molar-refractivity contribution in [2.24, 2.45) is 0 Å². The zero-order valence-corrected chi connectivity index (χ0v) is 10.5. The highest BCUT2D eigenvalue weighted by atomic mass is 35.5. The lowest BCUT2D eigenvalue weighted by Crippen LogP contribution is -2.05. The zero-order valence-electron chi connectivity index (χ0n) is 9.79. The van der Waals surface area contributed by atoms with Crippen LogP contribution in [-0.4, -0.2) is 24.7 Å². The molecule has 0 aromatic carbocycles. The minimum atomic E-state index is -0.506. The minimum Gasteiger partial charge on any atom is -0.263 e. The molecule has 0 saturated heterocycles. The van der Waals surface area contributed by atoms with E-state index in [0.717, 1.165) is 0 Å². The number of halogens is 1. The molecule has 0 bridgehead atoms. The molecule has 0 fully saturated rings. The van der Waals surface area contributed by atoms with Crippen molar-refractivity contribution >= 4 is 17.3 Å². The van der Waals surface area contributed by atoms with Crippen molar-refractivity contribution in [3.05, 3.63) is 33.4 Å². The van der Waals surface area contributed by atoms with Gasteiger partial charge in [-0.2, -0.15) is 5.10 Å². The quantitative estimate of drug-likeness (QED) is 0.483. The standard InChI is InChI=1S/C10H10ClN5O2/c1-3-15-7(4-5-12-15)8-9(16(17)18)6(2)13-10(11)14-8/h4-5H,3H2,1-2H3. The Labute approximate surface area is 108 Å². The van der Waals surface area contributed by atoms with Gasteiger partial charge in [-0.1, -0.05) is 0 Å². The Balaban J connectivity index is 2.73. The fraction of sp³-hybridized carbons (Fsp3) is 0.300. The highest BCUT2D eigenvalue weighted by Gasteiger charge is 2.24. The van der Waals surface area contributed by atoms with Gasteiger partial charge >= 0.3 is 5.69 Å². The van der Waals surface area contributed by atoms with Gasteiger partial charge in [-0.25, -0.2) is 9.97 Å². The Hall–Kier alpha value is -2.02. The minimum absolute atomic E-state index is 0.0167. The van der Waals surface area contributed by atoms with Gasteiger partial charge < -0.3 is 0 Å². The van der Waals surface area contributed by atoms with Gasteiger partial charge in [0, 0.05) is 12.7 Å². The summed E-state index contributed by atoms with van der Waals surface area (Å²) in [5, 5.41) is 15.1. The van der Waals surface area contributed by atoms with E-state index in [1.165, 1.54) is 6.92 Å². The van der Waals surface area contributed by atoms with Gasteiger partial charge in [0.2, 0.25) is 5.28 Å². The smallest absolute Gasteiger partial charge is 0.263 e. The van der Waals surface area contributed by atoms with Crippen molar-refractivity contribution in [3.63, 3.8) is 0 Å². The second-order valence-electron chi connectivity index (χ2n) is 3.56. The Kier molecular flexibility index (Phi) is 3.24. The first-order chi connectivity index (χ1) is 8.54. The summed E-state index contributed by atoms with van der Waals surface area (Å²) in [5.74, 6) is 0. The fourth-order valence-corrected chi connectivity index (χ4v) is 1.93. The number of nitrogens with zero attached hydrogens (tertiary/aromatic N) is 5. The van der Waals surface area contributed by atoms with Crippen molar-refractivity contribution < 1.29 is 4.92 Å². The zero-order chi connectivity index (χ0) is 13.3. The van der Waals surface area contributed by atoms with Crippen molar-refractivity contribution in [1.82, 2.24) is 19.7 Å². The number of rotatable bonds is 3. The average molecular weight is 268 g/mol. The van der Waals surface area contributed by atoms with Crippen LogP contribution in [0.4, 0.5) is 5.69 Å². The van der Waals surface area contributed by atoms with Crippen molar-refractivity contribution in [3.8, 4) is 11.4 Å². The predicted molar refractivity (Wildman–Crippen MR) is 65.3 cm³/mol. The molecule has 0 unspecified atom stereocenters. The van der Waals surface area contributed by atoms with Gasteiger partial charge in [0.15, 0.2) is 5.69 Å². The monoisotopic (exact) mass is 267 g/mol. The molecular weight excluding hydrogens is 258 g/mol. The highest BCUT2D eigenvalue weighted by Crippen LogP contribution is 2.30. The summed E-state index contributed by atoms with van der Waals surface area (Å²) in [6.45, 7) is 4.00. The Morgan fingerprint density at radius 2 is 2.22 bits per heavy atom. The average Bonchev–Trinajstić information content (AvgIpc) is 2.74. The molecule has 94 valence electrons. The molecule has 0 aliphatic rings. The maximum absolute atomic E-state index is 11.1. The van der Waals surface area contributed by atoms with Crippen LogP contribution in [0, 0.1) is 17.0 Å². The first-order valence-corrected chi connectivity index (χ1v) is 5.63. The summed E-state index contributed by atoms with van der Waals surface area (Å²) in [6.07, 6.45) is 1.56. The molecule has 0 aliphatic carbocycles. The summed E-state index contributed by atoms with van der Waals surface area (Å²) in [6, 6.07) is 1.66. The molecule has 2 aromatic heterocycles. The van der Waals surface area contributed by atoms with E-state index in [2.05, 4.69) is 15.1 Å². The topological polar surface area (TPSA) is 86.7 Å². The van der Waals surface area contributed by atoms with Crippen LogP contribution in [0.3, 0.4) is 0 Å². The van der Waals surface area contributed by atoms with E-state index in [4.69, 9.17) is 11.6 Å². The molecule has 7 nitrogen and oxygen atoms in total. The molecule has 0 saturated carbocycles. The molecule has 2 aromatic rings. The summed E-state index contributed by atoms with van der Waals surface area (Å²) >= 11 is 5.76. The molecule has 2 heterocycles. The molecule has 8 heteroatoms. The van der Waals surface area contributed by atoms with Gasteiger partial charge in [-0.05, 0) is 31.5 Å². The van der Waals surface area contributed by atoms with Crippen LogP contribution in [0.2, 0.25) is 5.28 Å². The van der Waals surface area contributed by atoms with Gasteiger partial charge in [0.05, 0.1) is 10.6 Å². The Morgan fingerprint density at radius 3 is 2.83 bits per heavy atom. The van der Waals surface area contributed by atoms with E-state index in [-0.39, 0.29) is 22.4 Å². The van der Waals surface area contributed by atoms with Crippen LogP contribution >= 0.6 is 11.6 Å². The maximum atomic E-state index is 11.1. The lowest BCUT2D eigenvalue weighted by atomic mass is 10.2. The van der Waals surface area contributed by atoms with E-state index in [9.17, 15) is 10.1 Å². The van der Waals surface area contributed by atoms with Crippen molar-refractivity contribution in [1.29, 1.82) is 0 Å². The van der Waals surface area contributed by atoms with E-state index in [0.29, 0.717) is 12.2 Å². The Bertz CT molecular complexity index is 610. The largest absolute Gasteiger partial charge is 0.318 e. The lowest BCUT2D eigenvalue weighted by Gasteiger charge is -2.06. The first-order valence-electron chi connectivity index (χ1n) is 5.25. The molecule has 18 heavy (non-hydrogen) atoms. The second-order valence-corrected chi connectivity index (χ2v) is 3.90. The molecule has 0 N–H and O–H groups in total. The van der Waals surface area contributed by atoms with Gasteiger partial charge in [-0.15, -0.1) is 0 Å². The number of aryl methyl sites for hydroxylation is 2. The number of hydrogen-bond donors (Lipinski definition) is 0. The van der Waals surface area contributed by atoms with Crippen LogP contribution < -0.4 is 0 Å². The van der Waals surface area contributed by atoms with E-state index in [1.54, 1.807) is 16.9 Å². The van der Waals surface area contributed by atoms with Crippen LogP contribution in [0.25, 0.3) is 11.4 Å². The van der Waals surface area contributed by atoms with E-state index < -0.39 is 4.92 Å². The van der Waals surface area contributed by atoms with Gasteiger partial charge in [0.25, 0.3) is 0 Å². The number of hydrogen-bond acceptors (Lipinski definition) is 5. The normalized spacial score (nSPS) is 10.6. The maximum Gasteiger partial charge on any atom is 0.318 e. The fourth-order valence-electron chi connectivity index (χ4n) is 1.72. The summed E-state index contributed by atoms with van der Waals surface area (Å²) in [4.78, 5) is 18.4. The first kappa shape index (κ1) is 12.4. The van der Waals surface area contributed by atoms with Crippen LogP contribution in [0.5, 0.6) is 0 Å². The summed E-state index contributed by atoms with van der Waals surface area (Å²) in [5.41, 5.74) is 0.835. The van der Waals surface area contributed by atoms with Gasteiger partial charge in [-0.3, -0.25) is 14.8 Å². The van der Waals surface area contributed by atoms with Gasteiger partial charge in [0.1, 0.15) is 5.69 Å². The third kappa shape index (κ3) is 2.04. The molecule has 2 rings (SSSR count). The highest BCUT2D eigenvalue weighted by molar-refractivity contribution is 6.28. The molecule has 0 amide bonds. The van der Waals surface area contributed by atoms with Crippen molar-refractivity contribution in [2.75, 3.05) is 0 Å². The molecule has 0 radical (unpaired) electrons. The third-order valence-electron chi connectivity index (χ3n) is 2.47. The summed E-state index contributed by atoms with van der Waals surface area (Å²) < 4.78 is 1.62. The van der Waals surface area contributed by atoms with Crippen LogP contribution in [0.1, 0.15) is 12.6 Å². The van der Waals surface area contributed by atoms with Crippen molar-refractivity contribution in [2.45, 2.75) is 20.4 Å². The van der Waals surface area contributed by atoms with Crippen LogP contribution in [-0.2, 0) is 6.54 Å². The SMILES string of the molecule is CCn1nccc1-c1nc(Cl)nc(C)c1[N+](=O)[O-]. The number of aromatic nitrogens is 4. The second kappa shape index (κ2) is 4.69.